The average molecular weight is 329 g/mol. The molecule has 0 fully saturated rings. The molecule has 0 amide bonds. The number of aliphatic hydroxyl groups is 1. The largest absolute Gasteiger partial charge is 0.396 e. The van der Waals surface area contributed by atoms with Crippen LogP contribution < -0.4 is 0 Å². The van der Waals surface area contributed by atoms with Crippen molar-refractivity contribution in [2.45, 2.75) is 11.7 Å². The molecule has 23 heavy (non-hydrogen) atoms. The lowest BCUT2D eigenvalue weighted by Crippen LogP contribution is -2.05. The highest BCUT2D eigenvalue weighted by molar-refractivity contribution is 7.99. The van der Waals surface area contributed by atoms with Crippen molar-refractivity contribution < 1.29 is 9.50 Å². The molecule has 0 saturated carbocycles. The lowest BCUT2D eigenvalue weighted by atomic mass is 10.2. The smallest absolute Gasteiger partial charge is 0.191 e. The highest BCUT2D eigenvalue weighted by atomic mass is 32.2. The molecule has 118 valence electrons. The molecule has 0 saturated heterocycles. The van der Waals surface area contributed by atoms with E-state index in [-0.39, 0.29) is 12.4 Å². The van der Waals surface area contributed by atoms with Gasteiger partial charge in [-0.05, 0) is 17.7 Å². The molecule has 0 atom stereocenters. The molecule has 4 nitrogen and oxygen atoms in total. The fourth-order valence-corrected chi connectivity index (χ4v) is 2.96. The van der Waals surface area contributed by atoms with E-state index in [9.17, 15) is 4.39 Å². The van der Waals surface area contributed by atoms with Crippen LogP contribution in [0.1, 0.15) is 5.56 Å². The minimum atomic E-state index is -0.326. The van der Waals surface area contributed by atoms with Crippen LogP contribution in [-0.4, -0.2) is 32.2 Å². The molecule has 1 N–H and O–H groups in total. The molecule has 0 unspecified atom stereocenters. The Kier molecular flexibility index (Phi) is 5.05. The third kappa shape index (κ3) is 3.60. The monoisotopic (exact) mass is 329 g/mol. The molecular weight excluding hydrogens is 313 g/mol. The highest BCUT2D eigenvalue weighted by Crippen LogP contribution is 2.26. The Hall–Kier alpha value is -2.18. The molecule has 1 heterocycles. The van der Waals surface area contributed by atoms with E-state index >= 15 is 0 Å². The Balaban J connectivity index is 2.02. The zero-order valence-electron chi connectivity index (χ0n) is 12.4. The molecule has 3 rings (SSSR count). The summed E-state index contributed by atoms with van der Waals surface area (Å²) >= 11 is 1.40. The third-order valence-corrected chi connectivity index (χ3v) is 4.28. The number of nitrogens with zero attached hydrogens (tertiary/aromatic N) is 3. The molecule has 0 bridgehead atoms. The zero-order valence-corrected chi connectivity index (χ0v) is 13.2. The molecule has 0 aliphatic rings. The number of rotatable bonds is 6. The second-order valence-electron chi connectivity index (χ2n) is 4.93. The Morgan fingerprint density at radius 2 is 1.74 bits per heavy atom. The van der Waals surface area contributed by atoms with Crippen LogP contribution in [0.15, 0.2) is 59.8 Å². The first-order chi connectivity index (χ1) is 11.3. The molecule has 0 spiro atoms. The Labute approximate surface area is 138 Å². The fraction of sp³-hybridized carbons (Fsp3) is 0.176. The van der Waals surface area contributed by atoms with Gasteiger partial charge in [0.2, 0.25) is 0 Å². The van der Waals surface area contributed by atoms with E-state index < -0.39 is 0 Å². The summed E-state index contributed by atoms with van der Waals surface area (Å²) in [7, 11) is 0. The molecule has 6 heteroatoms. The summed E-state index contributed by atoms with van der Waals surface area (Å²) in [5.41, 5.74) is 1.50. The van der Waals surface area contributed by atoms with Crippen LogP contribution in [0, 0.1) is 5.82 Å². The van der Waals surface area contributed by atoms with Gasteiger partial charge in [-0.15, -0.1) is 10.2 Å². The van der Waals surface area contributed by atoms with Gasteiger partial charge in [-0.1, -0.05) is 54.2 Å². The number of hydrogen-bond donors (Lipinski definition) is 1. The average Bonchev–Trinajstić information content (AvgIpc) is 2.97. The summed E-state index contributed by atoms with van der Waals surface area (Å²) in [5.74, 6) is 0.685. The first-order valence-corrected chi connectivity index (χ1v) is 8.24. The van der Waals surface area contributed by atoms with Crippen molar-refractivity contribution in [3.63, 3.8) is 0 Å². The van der Waals surface area contributed by atoms with Gasteiger partial charge in [0, 0.05) is 5.75 Å². The number of benzene rings is 2. The van der Waals surface area contributed by atoms with Gasteiger partial charge in [0.15, 0.2) is 11.0 Å². The molecule has 0 aliphatic carbocycles. The standard InChI is InChI=1S/C17H16FN3OS/c18-15-9-5-4-8-14(15)16-19-20-17(23-11-10-22)21(16)12-13-6-2-1-3-7-13/h1-9,22H,10-12H2. The van der Waals surface area contributed by atoms with E-state index in [1.165, 1.54) is 17.8 Å². The lowest BCUT2D eigenvalue weighted by Gasteiger charge is -2.10. The highest BCUT2D eigenvalue weighted by Gasteiger charge is 2.17. The van der Waals surface area contributed by atoms with E-state index in [4.69, 9.17) is 5.11 Å². The molecule has 2 aromatic carbocycles. The van der Waals surface area contributed by atoms with Gasteiger partial charge in [-0.25, -0.2) is 4.39 Å². The molecule has 0 aliphatic heterocycles. The second-order valence-corrected chi connectivity index (χ2v) is 5.99. The van der Waals surface area contributed by atoms with Crippen molar-refractivity contribution in [2.75, 3.05) is 12.4 Å². The van der Waals surface area contributed by atoms with Gasteiger partial charge < -0.3 is 5.11 Å². The van der Waals surface area contributed by atoms with Gasteiger partial charge in [0.05, 0.1) is 18.7 Å². The topological polar surface area (TPSA) is 50.9 Å². The van der Waals surface area contributed by atoms with Crippen LogP contribution in [0.3, 0.4) is 0 Å². The van der Waals surface area contributed by atoms with Crippen molar-refractivity contribution in [3.05, 3.63) is 66.0 Å². The quantitative estimate of drug-likeness (QED) is 0.706. The van der Waals surface area contributed by atoms with Gasteiger partial charge in [0.1, 0.15) is 5.82 Å². The van der Waals surface area contributed by atoms with Crippen molar-refractivity contribution in [1.29, 1.82) is 0 Å². The summed E-state index contributed by atoms with van der Waals surface area (Å²) < 4.78 is 16.0. The van der Waals surface area contributed by atoms with Crippen LogP contribution in [0.5, 0.6) is 0 Å². The SMILES string of the molecule is OCCSc1nnc(-c2ccccc2F)n1Cc1ccccc1. The van der Waals surface area contributed by atoms with E-state index in [0.717, 1.165) is 5.56 Å². The van der Waals surface area contributed by atoms with Crippen LogP contribution in [-0.2, 0) is 6.54 Å². The summed E-state index contributed by atoms with van der Waals surface area (Å²) in [6.45, 7) is 0.600. The second kappa shape index (κ2) is 7.39. The van der Waals surface area contributed by atoms with E-state index in [1.807, 2.05) is 34.9 Å². The first kappa shape index (κ1) is 15.7. The zero-order chi connectivity index (χ0) is 16.1. The van der Waals surface area contributed by atoms with Crippen LogP contribution >= 0.6 is 11.8 Å². The van der Waals surface area contributed by atoms with Gasteiger partial charge in [-0.3, -0.25) is 4.57 Å². The van der Waals surface area contributed by atoms with Crippen LogP contribution in [0.2, 0.25) is 0 Å². The van der Waals surface area contributed by atoms with Crippen molar-refractivity contribution in [3.8, 4) is 11.4 Å². The van der Waals surface area contributed by atoms with Crippen molar-refractivity contribution in [2.24, 2.45) is 0 Å². The predicted octanol–water partition coefficient (Wildman–Crippen LogP) is 3.22. The number of hydrogen-bond acceptors (Lipinski definition) is 4. The minimum Gasteiger partial charge on any atom is -0.396 e. The predicted molar refractivity (Wildman–Crippen MR) is 88.8 cm³/mol. The Bertz CT molecular complexity index is 777. The van der Waals surface area contributed by atoms with Crippen molar-refractivity contribution in [1.82, 2.24) is 14.8 Å². The van der Waals surface area contributed by atoms with E-state index in [2.05, 4.69) is 10.2 Å². The fourth-order valence-electron chi connectivity index (χ4n) is 2.28. The lowest BCUT2D eigenvalue weighted by molar-refractivity contribution is 0.322. The van der Waals surface area contributed by atoms with Crippen LogP contribution in [0.4, 0.5) is 4.39 Å². The number of thioether (sulfide) groups is 1. The normalized spacial score (nSPS) is 10.9. The minimum absolute atomic E-state index is 0.0535. The van der Waals surface area contributed by atoms with Crippen molar-refractivity contribution >= 4 is 11.8 Å². The number of aromatic nitrogens is 3. The molecule has 1 aromatic heterocycles. The molecule has 3 aromatic rings. The maximum Gasteiger partial charge on any atom is 0.191 e. The Morgan fingerprint density at radius 1 is 1.00 bits per heavy atom. The van der Waals surface area contributed by atoms with Gasteiger partial charge >= 0.3 is 0 Å². The molecule has 0 radical (unpaired) electrons. The summed E-state index contributed by atoms with van der Waals surface area (Å²) in [6, 6.07) is 16.4. The summed E-state index contributed by atoms with van der Waals surface area (Å²) in [6.07, 6.45) is 0. The van der Waals surface area contributed by atoms with Gasteiger partial charge in [0.25, 0.3) is 0 Å². The maximum absolute atomic E-state index is 14.1. The van der Waals surface area contributed by atoms with E-state index in [1.54, 1.807) is 18.2 Å². The first-order valence-electron chi connectivity index (χ1n) is 7.25. The summed E-state index contributed by atoms with van der Waals surface area (Å²) in [5, 5.41) is 18.0. The third-order valence-electron chi connectivity index (χ3n) is 3.34. The van der Waals surface area contributed by atoms with E-state index in [0.29, 0.717) is 28.8 Å². The number of aliphatic hydroxyl groups excluding tert-OH is 1. The van der Waals surface area contributed by atoms with Crippen LogP contribution in [0.25, 0.3) is 11.4 Å². The summed E-state index contributed by atoms with van der Waals surface area (Å²) in [4.78, 5) is 0. The molecular formula is C17H16FN3OS. The maximum atomic E-state index is 14.1. The van der Waals surface area contributed by atoms with Gasteiger partial charge in [-0.2, -0.15) is 0 Å². The Morgan fingerprint density at radius 3 is 2.48 bits per heavy atom. The number of halogens is 1.